The molecule has 0 radical (unpaired) electrons. The van der Waals surface area contributed by atoms with Crippen LogP contribution in [0.2, 0.25) is 0 Å². The standard InChI is InChI=1S/C20H41NO2/c1-11-23-20(9,10)12-13-21-16(22)19(7,8)15-18(5,6)14-17(2,3)4/h11-15H2,1-10H3,(H,21,22). The Bertz CT molecular complexity index is 376. The van der Waals surface area contributed by atoms with Crippen LogP contribution in [-0.4, -0.2) is 24.7 Å². The molecule has 0 saturated carbocycles. The normalized spacial score (nSPS) is 14.0. The molecular formula is C20H41NO2. The van der Waals surface area contributed by atoms with E-state index in [1.165, 1.54) is 0 Å². The number of carbonyl (C=O) groups is 1. The van der Waals surface area contributed by atoms with Gasteiger partial charge in [-0.2, -0.15) is 0 Å². The van der Waals surface area contributed by atoms with E-state index in [0.29, 0.717) is 13.2 Å². The lowest BCUT2D eigenvalue weighted by Gasteiger charge is -2.38. The fourth-order valence-corrected chi connectivity index (χ4v) is 3.95. The van der Waals surface area contributed by atoms with Gasteiger partial charge in [-0.25, -0.2) is 0 Å². The topological polar surface area (TPSA) is 38.3 Å². The molecule has 0 heterocycles. The summed E-state index contributed by atoms with van der Waals surface area (Å²) >= 11 is 0. The number of nitrogens with one attached hydrogen (secondary N) is 1. The molecular weight excluding hydrogens is 286 g/mol. The number of hydrogen-bond acceptors (Lipinski definition) is 2. The number of hydrogen-bond donors (Lipinski definition) is 1. The van der Waals surface area contributed by atoms with E-state index in [-0.39, 0.29) is 27.8 Å². The molecule has 0 atom stereocenters. The van der Waals surface area contributed by atoms with Crippen molar-refractivity contribution in [1.29, 1.82) is 0 Å². The number of ether oxygens (including phenoxy) is 1. The molecule has 3 nitrogen and oxygen atoms in total. The number of carbonyl (C=O) groups excluding carboxylic acids is 1. The van der Waals surface area contributed by atoms with Crippen LogP contribution in [0.1, 0.15) is 88.5 Å². The Morgan fingerprint density at radius 2 is 1.43 bits per heavy atom. The lowest BCUT2D eigenvalue weighted by molar-refractivity contribution is -0.131. The predicted molar refractivity (Wildman–Crippen MR) is 99.6 cm³/mol. The largest absolute Gasteiger partial charge is 0.376 e. The first-order valence-corrected chi connectivity index (χ1v) is 9.03. The third-order valence-electron chi connectivity index (χ3n) is 4.09. The third-order valence-corrected chi connectivity index (χ3v) is 4.09. The fourth-order valence-electron chi connectivity index (χ4n) is 3.95. The van der Waals surface area contributed by atoms with Crippen LogP contribution in [-0.2, 0) is 9.53 Å². The quantitative estimate of drug-likeness (QED) is 0.633. The molecule has 0 aromatic carbocycles. The zero-order valence-corrected chi connectivity index (χ0v) is 17.4. The Hall–Kier alpha value is -0.570. The second-order valence-corrected chi connectivity index (χ2v) is 10.2. The van der Waals surface area contributed by atoms with Crippen LogP contribution in [0.4, 0.5) is 0 Å². The molecule has 0 unspecified atom stereocenters. The molecule has 23 heavy (non-hydrogen) atoms. The summed E-state index contributed by atoms with van der Waals surface area (Å²) in [4.78, 5) is 12.6. The molecule has 0 bridgehead atoms. The molecule has 1 N–H and O–H groups in total. The van der Waals surface area contributed by atoms with Crippen LogP contribution < -0.4 is 5.32 Å². The summed E-state index contributed by atoms with van der Waals surface area (Å²) in [5.74, 6) is 0.145. The zero-order chi connectivity index (χ0) is 18.5. The van der Waals surface area contributed by atoms with Gasteiger partial charge in [-0.05, 0) is 50.9 Å². The van der Waals surface area contributed by atoms with Gasteiger partial charge in [0.2, 0.25) is 5.91 Å². The average molecular weight is 328 g/mol. The molecule has 0 aliphatic rings. The molecule has 0 aliphatic carbocycles. The van der Waals surface area contributed by atoms with Crippen molar-refractivity contribution in [2.45, 2.75) is 94.1 Å². The highest BCUT2D eigenvalue weighted by molar-refractivity contribution is 5.81. The van der Waals surface area contributed by atoms with Gasteiger partial charge in [0.15, 0.2) is 0 Å². The van der Waals surface area contributed by atoms with E-state index in [2.05, 4.69) is 67.6 Å². The van der Waals surface area contributed by atoms with Crippen molar-refractivity contribution in [2.24, 2.45) is 16.2 Å². The van der Waals surface area contributed by atoms with Crippen molar-refractivity contribution in [3.63, 3.8) is 0 Å². The third kappa shape index (κ3) is 10.0. The van der Waals surface area contributed by atoms with Gasteiger partial charge in [0.05, 0.1) is 5.60 Å². The zero-order valence-electron chi connectivity index (χ0n) is 17.4. The van der Waals surface area contributed by atoms with Crippen LogP contribution in [0.3, 0.4) is 0 Å². The highest BCUT2D eigenvalue weighted by atomic mass is 16.5. The first kappa shape index (κ1) is 22.4. The lowest BCUT2D eigenvalue weighted by atomic mass is 9.68. The maximum atomic E-state index is 12.6. The summed E-state index contributed by atoms with van der Waals surface area (Å²) in [5, 5.41) is 3.10. The Morgan fingerprint density at radius 1 is 0.913 bits per heavy atom. The highest BCUT2D eigenvalue weighted by Crippen LogP contribution is 2.41. The van der Waals surface area contributed by atoms with Crippen molar-refractivity contribution in [1.82, 2.24) is 5.32 Å². The van der Waals surface area contributed by atoms with Gasteiger partial charge < -0.3 is 10.1 Å². The number of rotatable bonds is 9. The minimum atomic E-state index is -0.357. The van der Waals surface area contributed by atoms with E-state index in [1.54, 1.807) is 0 Å². The van der Waals surface area contributed by atoms with Crippen LogP contribution in [0, 0.1) is 16.2 Å². The monoisotopic (exact) mass is 327 g/mol. The van der Waals surface area contributed by atoms with Crippen molar-refractivity contribution in [3.05, 3.63) is 0 Å². The van der Waals surface area contributed by atoms with Crippen molar-refractivity contribution in [3.8, 4) is 0 Å². The fraction of sp³-hybridized carbons (Fsp3) is 0.950. The van der Waals surface area contributed by atoms with E-state index >= 15 is 0 Å². The van der Waals surface area contributed by atoms with E-state index in [9.17, 15) is 4.79 Å². The SMILES string of the molecule is CCOC(C)(C)CCNC(=O)C(C)(C)CC(C)(C)CC(C)(C)C. The summed E-state index contributed by atoms with van der Waals surface area (Å²) in [6, 6.07) is 0. The maximum Gasteiger partial charge on any atom is 0.225 e. The van der Waals surface area contributed by atoms with E-state index in [1.807, 2.05) is 6.92 Å². The molecule has 138 valence electrons. The maximum absolute atomic E-state index is 12.6. The summed E-state index contributed by atoms with van der Waals surface area (Å²) < 4.78 is 5.68. The molecule has 0 aromatic rings. The van der Waals surface area contributed by atoms with Crippen LogP contribution in [0.25, 0.3) is 0 Å². The van der Waals surface area contributed by atoms with Gasteiger partial charge in [0.25, 0.3) is 0 Å². The Balaban J connectivity index is 4.55. The van der Waals surface area contributed by atoms with Gasteiger partial charge in [-0.3, -0.25) is 4.79 Å². The van der Waals surface area contributed by atoms with Crippen LogP contribution in [0.15, 0.2) is 0 Å². The molecule has 3 heteroatoms. The van der Waals surface area contributed by atoms with Gasteiger partial charge in [0.1, 0.15) is 0 Å². The molecule has 1 amide bonds. The molecule has 0 fully saturated rings. The smallest absolute Gasteiger partial charge is 0.225 e. The Kier molecular flexibility index (Phi) is 7.81. The average Bonchev–Trinajstić information content (AvgIpc) is 2.22. The second kappa shape index (κ2) is 8.00. The molecule has 0 rings (SSSR count). The van der Waals surface area contributed by atoms with Crippen LogP contribution >= 0.6 is 0 Å². The van der Waals surface area contributed by atoms with Crippen molar-refractivity contribution >= 4 is 5.91 Å². The van der Waals surface area contributed by atoms with Gasteiger partial charge in [-0.15, -0.1) is 0 Å². The first-order chi connectivity index (χ1) is 10.1. The molecule has 0 saturated heterocycles. The van der Waals surface area contributed by atoms with Crippen LogP contribution in [0.5, 0.6) is 0 Å². The summed E-state index contributed by atoms with van der Waals surface area (Å²) in [6.45, 7) is 22.9. The second-order valence-electron chi connectivity index (χ2n) is 10.2. The molecule has 0 spiro atoms. The van der Waals surface area contributed by atoms with Gasteiger partial charge in [0, 0.05) is 18.6 Å². The Morgan fingerprint density at radius 3 is 1.87 bits per heavy atom. The van der Waals surface area contributed by atoms with Crippen molar-refractivity contribution < 1.29 is 9.53 Å². The lowest BCUT2D eigenvalue weighted by Crippen LogP contribution is -2.42. The highest BCUT2D eigenvalue weighted by Gasteiger charge is 2.36. The number of amides is 1. The Labute approximate surface area is 144 Å². The summed E-state index contributed by atoms with van der Waals surface area (Å²) in [7, 11) is 0. The minimum absolute atomic E-state index is 0.143. The van der Waals surface area contributed by atoms with E-state index < -0.39 is 0 Å². The first-order valence-electron chi connectivity index (χ1n) is 9.03. The summed E-state index contributed by atoms with van der Waals surface area (Å²) in [6.07, 6.45) is 2.82. The minimum Gasteiger partial charge on any atom is -0.376 e. The molecule has 0 aliphatic heterocycles. The predicted octanol–water partition coefficient (Wildman–Crippen LogP) is 5.19. The summed E-state index contributed by atoms with van der Waals surface area (Å²) in [5.41, 5.74) is -0.122. The van der Waals surface area contributed by atoms with Gasteiger partial charge in [-0.1, -0.05) is 48.5 Å². The molecule has 0 aromatic heterocycles. The van der Waals surface area contributed by atoms with E-state index in [4.69, 9.17) is 4.74 Å². The van der Waals surface area contributed by atoms with E-state index in [0.717, 1.165) is 19.3 Å². The van der Waals surface area contributed by atoms with Crippen molar-refractivity contribution in [2.75, 3.05) is 13.2 Å². The van der Waals surface area contributed by atoms with Gasteiger partial charge >= 0.3 is 0 Å².